The minimum atomic E-state index is -4.53. The van der Waals surface area contributed by atoms with Crippen molar-refractivity contribution < 1.29 is 18.0 Å². The molecule has 0 atom stereocenters. The third-order valence-corrected chi connectivity index (χ3v) is 4.63. The molecule has 0 bridgehead atoms. The SMILES string of the molecule is Cc1cc(Cl)ccc1NC(=O)CSc1ccc(Cl)c(C(F)(F)F)c1. The molecule has 1 N–H and O–H groups in total. The van der Waals surface area contributed by atoms with Gasteiger partial charge in [0.2, 0.25) is 5.91 Å². The topological polar surface area (TPSA) is 29.1 Å². The first-order chi connectivity index (χ1) is 11.2. The summed E-state index contributed by atoms with van der Waals surface area (Å²) in [6, 6.07) is 8.58. The number of carbonyl (C=O) groups excluding carboxylic acids is 1. The van der Waals surface area contributed by atoms with Crippen LogP contribution in [0, 0.1) is 6.92 Å². The zero-order valence-electron chi connectivity index (χ0n) is 12.4. The van der Waals surface area contributed by atoms with Gasteiger partial charge in [0, 0.05) is 15.6 Å². The van der Waals surface area contributed by atoms with Gasteiger partial charge in [-0.3, -0.25) is 4.79 Å². The van der Waals surface area contributed by atoms with E-state index in [1.807, 2.05) is 0 Å². The molecule has 8 heteroatoms. The number of hydrogen-bond donors (Lipinski definition) is 1. The number of alkyl halides is 3. The standard InChI is InChI=1S/C16H12Cl2F3NOS/c1-9-6-10(17)2-5-14(9)22-15(23)8-24-11-3-4-13(18)12(7-11)16(19,20)21/h2-7H,8H2,1H3,(H,22,23). The van der Waals surface area contributed by atoms with Gasteiger partial charge in [0.05, 0.1) is 16.3 Å². The molecule has 0 fully saturated rings. The van der Waals surface area contributed by atoms with Crippen LogP contribution in [0.5, 0.6) is 0 Å². The fourth-order valence-corrected chi connectivity index (χ4v) is 3.10. The third kappa shape index (κ3) is 5.06. The van der Waals surface area contributed by atoms with Crippen LogP contribution in [0.2, 0.25) is 10.0 Å². The summed E-state index contributed by atoms with van der Waals surface area (Å²) in [5.74, 6) is -0.352. The van der Waals surface area contributed by atoms with Crippen LogP contribution in [0.4, 0.5) is 18.9 Å². The van der Waals surface area contributed by atoms with Gasteiger partial charge >= 0.3 is 6.18 Å². The van der Waals surface area contributed by atoms with Crippen molar-refractivity contribution in [2.45, 2.75) is 18.0 Å². The highest BCUT2D eigenvalue weighted by molar-refractivity contribution is 8.00. The summed E-state index contributed by atoms with van der Waals surface area (Å²) in [6.45, 7) is 1.80. The first-order valence-corrected chi connectivity index (χ1v) is 8.46. The Labute approximate surface area is 151 Å². The van der Waals surface area contributed by atoms with Crippen molar-refractivity contribution in [3.8, 4) is 0 Å². The maximum atomic E-state index is 12.8. The number of amides is 1. The molecule has 2 aromatic carbocycles. The molecule has 2 rings (SSSR count). The summed E-state index contributed by atoms with van der Waals surface area (Å²) in [5.41, 5.74) is 0.493. The van der Waals surface area contributed by atoms with E-state index in [0.29, 0.717) is 15.6 Å². The molecule has 2 aromatic rings. The van der Waals surface area contributed by atoms with Gasteiger partial charge in [-0.2, -0.15) is 13.2 Å². The Morgan fingerprint density at radius 1 is 1.17 bits per heavy atom. The Kier molecular flexibility index (Phi) is 6.06. The molecular weight excluding hydrogens is 382 g/mol. The second-order valence-corrected chi connectivity index (χ2v) is 6.83. The van der Waals surface area contributed by atoms with E-state index in [0.717, 1.165) is 23.4 Å². The Bertz CT molecular complexity index is 765. The van der Waals surface area contributed by atoms with E-state index < -0.39 is 11.7 Å². The molecule has 0 saturated carbocycles. The Hall–Kier alpha value is -1.37. The number of rotatable bonds is 4. The van der Waals surface area contributed by atoms with Gasteiger partial charge in [0.15, 0.2) is 0 Å². The number of benzene rings is 2. The largest absolute Gasteiger partial charge is 0.417 e. The smallest absolute Gasteiger partial charge is 0.325 e. The van der Waals surface area contributed by atoms with Crippen molar-refractivity contribution in [1.29, 1.82) is 0 Å². The van der Waals surface area contributed by atoms with Gasteiger partial charge in [0.25, 0.3) is 0 Å². The van der Waals surface area contributed by atoms with Crippen LogP contribution in [0.1, 0.15) is 11.1 Å². The summed E-state index contributed by atoms with van der Waals surface area (Å²) in [5, 5.41) is 2.89. The number of carbonyl (C=O) groups is 1. The molecule has 0 radical (unpaired) electrons. The van der Waals surface area contributed by atoms with Gasteiger partial charge in [0.1, 0.15) is 0 Å². The number of thioether (sulfide) groups is 1. The lowest BCUT2D eigenvalue weighted by molar-refractivity contribution is -0.137. The van der Waals surface area contributed by atoms with Crippen molar-refractivity contribution >= 4 is 46.6 Å². The Morgan fingerprint density at radius 2 is 1.88 bits per heavy atom. The fourth-order valence-electron chi connectivity index (χ4n) is 1.91. The van der Waals surface area contributed by atoms with E-state index in [9.17, 15) is 18.0 Å². The molecule has 0 heterocycles. The molecule has 0 aliphatic heterocycles. The second-order valence-electron chi connectivity index (χ2n) is 4.94. The highest BCUT2D eigenvalue weighted by Crippen LogP contribution is 2.37. The Morgan fingerprint density at radius 3 is 2.50 bits per heavy atom. The van der Waals surface area contributed by atoms with Crippen LogP contribution in [0.25, 0.3) is 0 Å². The first-order valence-electron chi connectivity index (χ1n) is 6.72. The fraction of sp³-hybridized carbons (Fsp3) is 0.188. The molecular formula is C16H12Cl2F3NOS. The van der Waals surface area contributed by atoms with Gasteiger partial charge in [-0.1, -0.05) is 23.2 Å². The number of hydrogen-bond acceptors (Lipinski definition) is 2. The average Bonchev–Trinajstić information content (AvgIpc) is 2.48. The first kappa shape index (κ1) is 19.0. The maximum Gasteiger partial charge on any atom is 0.417 e. The van der Waals surface area contributed by atoms with Gasteiger partial charge in [-0.15, -0.1) is 11.8 Å². The van der Waals surface area contributed by atoms with Crippen LogP contribution >= 0.6 is 35.0 Å². The summed E-state index contributed by atoms with van der Waals surface area (Å²) in [4.78, 5) is 12.3. The molecule has 1 amide bonds. The molecule has 0 aliphatic rings. The zero-order valence-corrected chi connectivity index (χ0v) is 14.7. The van der Waals surface area contributed by atoms with Crippen LogP contribution in [0.15, 0.2) is 41.3 Å². The normalized spacial score (nSPS) is 11.4. The summed E-state index contributed by atoms with van der Waals surface area (Å²) < 4.78 is 38.4. The lowest BCUT2D eigenvalue weighted by atomic mass is 10.2. The van der Waals surface area contributed by atoms with Crippen LogP contribution in [-0.2, 0) is 11.0 Å². The summed E-state index contributed by atoms with van der Waals surface area (Å²) in [6.07, 6.45) is -4.53. The van der Waals surface area contributed by atoms with E-state index >= 15 is 0 Å². The van der Waals surface area contributed by atoms with Gasteiger partial charge < -0.3 is 5.32 Å². The predicted molar refractivity (Wildman–Crippen MR) is 92.0 cm³/mol. The lowest BCUT2D eigenvalue weighted by Gasteiger charge is -2.11. The van der Waals surface area contributed by atoms with E-state index in [1.165, 1.54) is 12.1 Å². The van der Waals surface area contributed by atoms with Crippen molar-refractivity contribution in [2.24, 2.45) is 0 Å². The van der Waals surface area contributed by atoms with Crippen LogP contribution < -0.4 is 5.32 Å². The summed E-state index contributed by atoms with van der Waals surface area (Å²) >= 11 is 12.4. The number of anilines is 1. The average molecular weight is 394 g/mol. The highest BCUT2D eigenvalue weighted by atomic mass is 35.5. The quantitative estimate of drug-likeness (QED) is 0.640. The molecule has 0 spiro atoms. The second kappa shape index (κ2) is 7.68. The highest BCUT2D eigenvalue weighted by Gasteiger charge is 2.33. The van der Waals surface area contributed by atoms with E-state index in [4.69, 9.17) is 23.2 Å². The molecule has 0 aromatic heterocycles. The number of halogens is 5. The minimum Gasteiger partial charge on any atom is -0.325 e. The predicted octanol–water partition coefficient (Wildman–Crippen LogP) is 6.05. The van der Waals surface area contributed by atoms with Crippen molar-refractivity contribution in [2.75, 3.05) is 11.1 Å². The molecule has 0 saturated heterocycles. The Balaban J connectivity index is 2.01. The monoisotopic (exact) mass is 393 g/mol. The van der Waals surface area contributed by atoms with E-state index in [1.54, 1.807) is 25.1 Å². The maximum absolute atomic E-state index is 12.8. The zero-order chi connectivity index (χ0) is 17.9. The van der Waals surface area contributed by atoms with E-state index in [-0.39, 0.29) is 16.7 Å². The number of nitrogens with one attached hydrogen (secondary N) is 1. The minimum absolute atomic E-state index is 0.0268. The van der Waals surface area contributed by atoms with Gasteiger partial charge in [-0.05, 0) is 48.9 Å². The number of aryl methyl sites for hydroxylation is 1. The van der Waals surface area contributed by atoms with Crippen molar-refractivity contribution in [1.82, 2.24) is 0 Å². The molecule has 2 nitrogen and oxygen atoms in total. The summed E-state index contributed by atoms with van der Waals surface area (Å²) in [7, 11) is 0. The van der Waals surface area contributed by atoms with Crippen LogP contribution in [0.3, 0.4) is 0 Å². The molecule has 128 valence electrons. The van der Waals surface area contributed by atoms with Crippen molar-refractivity contribution in [3.63, 3.8) is 0 Å². The third-order valence-electron chi connectivity index (χ3n) is 3.08. The van der Waals surface area contributed by atoms with E-state index in [2.05, 4.69) is 5.32 Å². The molecule has 24 heavy (non-hydrogen) atoms. The molecule has 0 aliphatic carbocycles. The molecule has 0 unspecified atom stereocenters. The van der Waals surface area contributed by atoms with Gasteiger partial charge in [-0.25, -0.2) is 0 Å². The lowest BCUT2D eigenvalue weighted by Crippen LogP contribution is -2.14. The van der Waals surface area contributed by atoms with Crippen LogP contribution in [-0.4, -0.2) is 11.7 Å². The van der Waals surface area contributed by atoms with Crippen molar-refractivity contribution in [3.05, 3.63) is 57.6 Å².